The standard InChI is InChI=1S/C16H18N2O4S/c1-16(2,3)22-15(21)18-9-10-8-17-7-6-11(10)12-4-5-13(23-12)14(19)20/h4-8H,9H2,1-3H3,(H,18,21)(H,19,20). The van der Waals surface area contributed by atoms with Crippen molar-refractivity contribution in [2.75, 3.05) is 0 Å². The highest BCUT2D eigenvalue weighted by atomic mass is 32.1. The van der Waals surface area contributed by atoms with E-state index in [-0.39, 0.29) is 11.4 Å². The zero-order valence-electron chi connectivity index (χ0n) is 13.1. The van der Waals surface area contributed by atoms with E-state index in [0.717, 1.165) is 16.0 Å². The van der Waals surface area contributed by atoms with Gasteiger partial charge in [0.15, 0.2) is 0 Å². The molecule has 0 aliphatic rings. The van der Waals surface area contributed by atoms with Crippen LogP contribution in [0.5, 0.6) is 0 Å². The molecule has 23 heavy (non-hydrogen) atoms. The summed E-state index contributed by atoms with van der Waals surface area (Å²) in [4.78, 5) is 27.9. The number of thiophene rings is 1. The van der Waals surface area contributed by atoms with Crippen molar-refractivity contribution in [3.05, 3.63) is 41.0 Å². The van der Waals surface area contributed by atoms with Gasteiger partial charge in [-0.1, -0.05) is 0 Å². The molecule has 0 fully saturated rings. The monoisotopic (exact) mass is 334 g/mol. The van der Waals surface area contributed by atoms with Crippen molar-refractivity contribution >= 4 is 23.4 Å². The maximum Gasteiger partial charge on any atom is 0.407 e. The lowest BCUT2D eigenvalue weighted by Gasteiger charge is -2.20. The first kappa shape index (κ1) is 17.0. The van der Waals surface area contributed by atoms with Crippen molar-refractivity contribution in [3.8, 4) is 10.4 Å². The number of amides is 1. The second-order valence-corrected chi connectivity index (χ2v) is 6.94. The van der Waals surface area contributed by atoms with Crippen molar-refractivity contribution in [1.29, 1.82) is 0 Å². The summed E-state index contributed by atoms with van der Waals surface area (Å²) in [5, 5.41) is 11.7. The van der Waals surface area contributed by atoms with Crippen LogP contribution in [0.1, 0.15) is 36.0 Å². The van der Waals surface area contributed by atoms with Crippen LogP contribution >= 0.6 is 11.3 Å². The number of carbonyl (C=O) groups is 2. The Kier molecular flexibility index (Phi) is 5.00. The second-order valence-electron chi connectivity index (χ2n) is 5.86. The Bertz CT molecular complexity index is 719. The lowest BCUT2D eigenvalue weighted by atomic mass is 10.1. The predicted octanol–water partition coefficient (Wildman–Crippen LogP) is 3.53. The number of hydrogen-bond acceptors (Lipinski definition) is 5. The summed E-state index contributed by atoms with van der Waals surface area (Å²) in [7, 11) is 0. The third-order valence-electron chi connectivity index (χ3n) is 2.81. The minimum Gasteiger partial charge on any atom is -0.477 e. The number of carboxylic acids is 1. The van der Waals surface area contributed by atoms with Gasteiger partial charge in [0.2, 0.25) is 0 Å². The molecule has 0 saturated carbocycles. The van der Waals surface area contributed by atoms with Crippen LogP contribution < -0.4 is 5.32 Å². The molecule has 6 nitrogen and oxygen atoms in total. The molecule has 2 rings (SSSR count). The zero-order valence-corrected chi connectivity index (χ0v) is 13.9. The molecule has 0 bridgehead atoms. The second kappa shape index (κ2) is 6.78. The molecule has 2 aromatic rings. The van der Waals surface area contributed by atoms with Crippen LogP contribution in [0.25, 0.3) is 10.4 Å². The molecule has 2 heterocycles. The highest BCUT2D eigenvalue weighted by molar-refractivity contribution is 7.17. The molecule has 0 aliphatic heterocycles. The normalized spacial score (nSPS) is 11.1. The first-order valence-electron chi connectivity index (χ1n) is 6.99. The van der Waals surface area contributed by atoms with Crippen LogP contribution in [0.4, 0.5) is 4.79 Å². The van der Waals surface area contributed by atoms with Gasteiger partial charge < -0.3 is 15.2 Å². The van der Waals surface area contributed by atoms with Crippen LogP contribution in [0.3, 0.4) is 0 Å². The Morgan fingerprint density at radius 2 is 2.04 bits per heavy atom. The van der Waals surface area contributed by atoms with E-state index < -0.39 is 17.7 Å². The maximum absolute atomic E-state index is 11.7. The Balaban J connectivity index is 2.14. The SMILES string of the molecule is CC(C)(C)OC(=O)NCc1cnccc1-c1ccc(C(=O)O)s1. The number of carboxylic acid groups (broad SMARTS) is 1. The molecule has 0 unspecified atom stereocenters. The molecule has 0 aliphatic carbocycles. The fraction of sp³-hybridized carbons (Fsp3) is 0.312. The molecule has 0 radical (unpaired) electrons. The Hall–Kier alpha value is -2.41. The molecule has 0 aromatic carbocycles. The fourth-order valence-corrected chi connectivity index (χ4v) is 2.79. The summed E-state index contributed by atoms with van der Waals surface area (Å²) >= 11 is 1.18. The van der Waals surface area contributed by atoms with Crippen molar-refractivity contribution in [3.63, 3.8) is 0 Å². The fourth-order valence-electron chi connectivity index (χ4n) is 1.89. The predicted molar refractivity (Wildman–Crippen MR) is 87.6 cm³/mol. The number of aromatic carboxylic acids is 1. The van der Waals surface area contributed by atoms with Crippen LogP contribution in [0.15, 0.2) is 30.6 Å². The van der Waals surface area contributed by atoms with Gasteiger partial charge >= 0.3 is 12.1 Å². The molecule has 7 heteroatoms. The number of carbonyl (C=O) groups excluding carboxylic acids is 1. The minimum absolute atomic E-state index is 0.248. The summed E-state index contributed by atoms with van der Waals surface area (Å²) in [5.41, 5.74) is 1.07. The number of aromatic nitrogens is 1. The van der Waals surface area contributed by atoms with E-state index in [4.69, 9.17) is 9.84 Å². The van der Waals surface area contributed by atoms with Crippen molar-refractivity contribution in [2.45, 2.75) is 32.9 Å². The molecule has 0 saturated heterocycles. The molecule has 122 valence electrons. The molecular weight excluding hydrogens is 316 g/mol. The van der Waals surface area contributed by atoms with E-state index in [1.54, 1.807) is 51.4 Å². The third-order valence-corrected chi connectivity index (χ3v) is 3.91. The van der Waals surface area contributed by atoms with Gasteiger partial charge in [-0.3, -0.25) is 4.98 Å². The van der Waals surface area contributed by atoms with Crippen LogP contribution in [0, 0.1) is 0 Å². The van der Waals surface area contributed by atoms with Crippen LogP contribution in [-0.4, -0.2) is 27.8 Å². The number of hydrogen-bond donors (Lipinski definition) is 2. The summed E-state index contributed by atoms with van der Waals surface area (Å²) in [6.07, 6.45) is 2.77. The van der Waals surface area contributed by atoms with Crippen LogP contribution in [0.2, 0.25) is 0 Å². The maximum atomic E-state index is 11.7. The number of alkyl carbamates (subject to hydrolysis) is 1. The van der Waals surface area contributed by atoms with Crippen molar-refractivity contribution in [2.24, 2.45) is 0 Å². The van der Waals surface area contributed by atoms with E-state index in [2.05, 4.69) is 10.3 Å². The largest absolute Gasteiger partial charge is 0.477 e. The summed E-state index contributed by atoms with van der Waals surface area (Å²) in [6, 6.07) is 5.11. The number of rotatable bonds is 4. The average molecular weight is 334 g/mol. The number of ether oxygens (including phenoxy) is 1. The highest BCUT2D eigenvalue weighted by Gasteiger charge is 2.17. The van der Waals surface area contributed by atoms with Crippen molar-refractivity contribution in [1.82, 2.24) is 10.3 Å². The number of nitrogens with zero attached hydrogens (tertiary/aromatic N) is 1. The number of pyridine rings is 1. The molecule has 0 atom stereocenters. The molecule has 1 amide bonds. The summed E-state index contributed by atoms with van der Waals surface area (Å²) in [5.74, 6) is -0.955. The van der Waals surface area contributed by atoms with Gasteiger partial charge in [-0.25, -0.2) is 9.59 Å². The van der Waals surface area contributed by atoms with Gasteiger partial charge in [-0.05, 0) is 50.1 Å². The molecule has 0 spiro atoms. The Morgan fingerprint density at radius 1 is 1.30 bits per heavy atom. The van der Waals surface area contributed by atoms with Gasteiger partial charge in [0, 0.05) is 23.8 Å². The average Bonchev–Trinajstić information content (AvgIpc) is 2.93. The van der Waals surface area contributed by atoms with E-state index >= 15 is 0 Å². The lowest BCUT2D eigenvalue weighted by Crippen LogP contribution is -2.32. The van der Waals surface area contributed by atoms with Gasteiger partial charge in [0.05, 0.1) is 0 Å². The third kappa shape index (κ3) is 4.79. The van der Waals surface area contributed by atoms with Gasteiger partial charge in [0.1, 0.15) is 10.5 Å². The quantitative estimate of drug-likeness (QED) is 0.893. The van der Waals surface area contributed by atoms with Crippen molar-refractivity contribution < 1.29 is 19.4 Å². The first-order chi connectivity index (χ1) is 10.8. The van der Waals surface area contributed by atoms with Gasteiger partial charge in [-0.2, -0.15) is 0 Å². The molecular formula is C16H18N2O4S. The Morgan fingerprint density at radius 3 is 2.65 bits per heavy atom. The van der Waals surface area contributed by atoms with E-state index in [1.165, 1.54) is 11.3 Å². The van der Waals surface area contributed by atoms with E-state index in [9.17, 15) is 9.59 Å². The van der Waals surface area contributed by atoms with E-state index in [0.29, 0.717) is 0 Å². The molecule has 2 aromatic heterocycles. The smallest absolute Gasteiger partial charge is 0.407 e. The summed E-state index contributed by atoms with van der Waals surface area (Å²) in [6.45, 7) is 5.63. The van der Waals surface area contributed by atoms with E-state index in [1.807, 2.05) is 0 Å². The number of nitrogens with one attached hydrogen (secondary N) is 1. The van der Waals surface area contributed by atoms with Gasteiger partial charge in [-0.15, -0.1) is 11.3 Å². The van der Waals surface area contributed by atoms with Crippen LogP contribution in [-0.2, 0) is 11.3 Å². The highest BCUT2D eigenvalue weighted by Crippen LogP contribution is 2.30. The molecule has 2 N–H and O–H groups in total. The minimum atomic E-state index is -0.955. The summed E-state index contributed by atoms with van der Waals surface area (Å²) < 4.78 is 5.20. The Labute approximate surface area is 138 Å². The topological polar surface area (TPSA) is 88.5 Å². The lowest BCUT2D eigenvalue weighted by molar-refractivity contribution is 0.0523. The van der Waals surface area contributed by atoms with Gasteiger partial charge in [0.25, 0.3) is 0 Å². The first-order valence-corrected chi connectivity index (χ1v) is 7.81. The zero-order chi connectivity index (χ0) is 17.0.